The molecule has 0 aromatic rings. The first-order valence-electron chi connectivity index (χ1n) is 13.8. The zero-order valence-electron chi connectivity index (χ0n) is 24.7. The van der Waals surface area contributed by atoms with Crippen molar-refractivity contribution >= 4 is 23.2 Å². The molecule has 2 amide bonds. The molecule has 228 valence electrons. The molecule has 0 aliphatic rings. The molecule has 0 atom stereocenters. The first-order valence-corrected chi connectivity index (χ1v) is 13.8. The molecule has 0 spiro atoms. The van der Waals surface area contributed by atoms with Crippen LogP contribution in [0.2, 0.25) is 0 Å². The van der Waals surface area contributed by atoms with Crippen LogP contribution >= 0.6 is 0 Å². The molecule has 0 fully saturated rings. The number of unbranched alkanes of at least 4 members (excludes halogenated alkanes) is 1. The molecule has 0 aromatic heterocycles. The van der Waals surface area contributed by atoms with Crippen molar-refractivity contribution < 1.29 is 29.5 Å². The van der Waals surface area contributed by atoms with Crippen molar-refractivity contribution in [2.45, 2.75) is 65.3 Å². The first kappa shape index (κ1) is 36.7. The second kappa shape index (κ2) is 23.6. The van der Waals surface area contributed by atoms with Crippen LogP contribution in [0.15, 0.2) is 10.3 Å². The van der Waals surface area contributed by atoms with Crippen molar-refractivity contribution in [3.8, 4) is 0 Å². The van der Waals surface area contributed by atoms with E-state index in [2.05, 4.69) is 36.5 Å². The van der Waals surface area contributed by atoms with Crippen LogP contribution in [0.1, 0.15) is 59.8 Å². The third-order valence-corrected chi connectivity index (χ3v) is 6.25. The predicted octanol–water partition coefficient (Wildman–Crippen LogP) is 0.792. The maximum Gasteiger partial charge on any atom is 0.220 e. The Labute approximate surface area is 234 Å². The number of hydrogen-bond donors (Lipinski definition) is 6. The fraction of sp³-hybridized carbons (Fsp3) is 0.846. The summed E-state index contributed by atoms with van der Waals surface area (Å²) < 4.78 is 10.7. The molecule has 0 saturated carbocycles. The lowest BCUT2D eigenvalue weighted by Gasteiger charge is -2.28. The number of likely N-dealkylation sites (N-methyl/N-ethyl adjacent to an activating group) is 1. The number of hydrogen-bond acceptors (Lipinski definition) is 11. The molecule has 0 saturated heterocycles. The highest BCUT2D eigenvalue weighted by Gasteiger charge is 2.21. The molecule has 0 aliphatic heterocycles. The predicted molar refractivity (Wildman–Crippen MR) is 153 cm³/mol. The summed E-state index contributed by atoms with van der Waals surface area (Å²) in [5.74, 6) is -0.346. The van der Waals surface area contributed by atoms with Crippen molar-refractivity contribution in [3.63, 3.8) is 0 Å². The smallest absolute Gasteiger partial charge is 0.220 e. The second-order valence-electron chi connectivity index (χ2n) is 9.90. The Kier molecular flexibility index (Phi) is 22.2. The summed E-state index contributed by atoms with van der Waals surface area (Å²) in [5, 5.41) is 36.4. The van der Waals surface area contributed by atoms with Crippen LogP contribution in [0.3, 0.4) is 0 Å². The zero-order valence-corrected chi connectivity index (χ0v) is 24.7. The average Bonchev–Trinajstić information content (AvgIpc) is 2.92. The van der Waals surface area contributed by atoms with Gasteiger partial charge in [-0.25, -0.2) is 0 Å². The molecule has 0 aliphatic carbocycles. The van der Waals surface area contributed by atoms with Crippen molar-refractivity contribution in [2.75, 3.05) is 79.3 Å². The minimum atomic E-state index is -0.434. The van der Waals surface area contributed by atoms with Gasteiger partial charge in [0.05, 0.1) is 43.4 Å². The molecule has 0 bridgehead atoms. The summed E-state index contributed by atoms with van der Waals surface area (Å²) in [6.45, 7) is 14.1. The van der Waals surface area contributed by atoms with Gasteiger partial charge in [0.15, 0.2) is 0 Å². The van der Waals surface area contributed by atoms with Gasteiger partial charge in [-0.1, -0.05) is 10.3 Å². The molecule has 13 heteroatoms. The van der Waals surface area contributed by atoms with E-state index in [0.717, 1.165) is 38.9 Å². The Bertz CT molecular complexity index is 719. The summed E-state index contributed by atoms with van der Waals surface area (Å²) in [6, 6.07) is 0. The summed E-state index contributed by atoms with van der Waals surface area (Å²) in [4.78, 5) is 26.5. The Balaban J connectivity index is 4.25. The summed E-state index contributed by atoms with van der Waals surface area (Å²) in [5.41, 5.74) is 0.872. The molecule has 0 aromatic carbocycles. The van der Waals surface area contributed by atoms with E-state index in [1.54, 1.807) is 13.8 Å². The largest absolute Gasteiger partial charge is 0.411 e. The van der Waals surface area contributed by atoms with Crippen molar-refractivity contribution in [2.24, 2.45) is 10.3 Å². The Morgan fingerprint density at radius 2 is 1.36 bits per heavy atom. The van der Waals surface area contributed by atoms with Crippen LogP contribution in [-0.4, -0.2) is 123 Å². The van der Waals surface area contributed by atoms with Crippen LogP contribution in [0.25, 0.3) is 0 Å². The third-order valence-electron chi connectivity index (χ3n) is 6.25. The van der Waals surface area contributed by atoms with Gasteiger partial charge in [0, 0.05) is 52.1 Å². The second-order valence-corrected chi connectivity index (χ2v) is 9.90. The molecule has 0 radical (unpaired) electrons. The standard InChI is InChI=1S/C26H53N7O6/c1-22(31-36)8-6-7-15-33(17-12-30-26(3,4)23(2)32-37)16-11-28-24(34)9-10-25(35)29-14-19-39-21-20-38-18-13-27-5/h27,30,36-37H,6-21H2,1-5H3,(H,28,34)(H,29,35)/b31-22-,32-23-. The average molecular weight is 560 g/mol. The molecule has 6 N–H and O–H groups in total. The van der Waals surface area contributed by atoms with Crippen LogP contribution in [0, 0.1) is 0 Å². The Morgan fingerprint density at radius 3 is 1.95 bits per heavy atom. The summed E-state index contributed by atoms with van der Waals surface area (Å²) in [6.07, 6.45) is 2.81. The van der Waals surface area contributed by atoms with E-state index >= 15 is 0 Å². The van der Waals surface area contributed by atoms with Crippen LogP contribution < -0.4 is 21.3 Å². The lowest BCUT2D eigenvalue weighted by atomic mass is 10.00. The minimum Gasteiger partial charge on any atom is -0.411 e. The van der Waals surface area contributed by atoms with Crippen molar-refractivity contribution in [3.05, 3.63) is 0 Å². The quantitative estimate of drug-likeness (QED) is 0.0410. The SMILES string of the molecule is CNCCOCCOCCNC(=O)CCC(=O)NCCN(CCCC/C(C)=N\O)CCNC(C)(C)/C(C)=N\O. The highest BCUT2D eigenvalue weighted by atomic mass is 16.5. The van der Waals surface area contributed by atoms with Gasteiger partial charge >= 0.3 is 0 Å². The Morgan fingerprint density at radius 1 is 0.769 bits per heavy atom. The zero-order chi connectivity index (χ0) is 29.4. The normalized spacial score (nSPS) is 12.7. The summed E-state index contributed by atoms with van der Waals surface area (Å²) in [7, 11) is 1.86. The highest BCUT2D eigenvalue weighted by molar-refractivity contribution is 5.90. The van der Waals surface area contributed by atoms with Gasteiger partial charge < -0.3 is 46.1 Å². The van der Waals surface area contributed by atoms with Gasteiger partial charge in [0.1, 0.15) is 0 Å². The van der Waals surface area contributed by atoms with Gasteiger partial charge in [0.25, 0.3) is 0 Å². The number of rotatable bonds is 25. The molecule has 0 rings (SSSR count). The Hall–Kier alpha value is -2.32. The van der Waals surface area contributed by atoms with Crippen molar-refractivity contribution in [1.82, 2.24) is 26.2 Å². The van der Waals surface area contributed by atoms with Gasteiger partial charge in [-0.2, -0.15) is 0 Å². The fourth-order valence-electron chi connectivity index (χ4n) is 3.40. The maximum atomic E-state index is 12.2. The summed E-state index contributed by atoms with van der Waals surface area (Å²) >= 11 is 0. The molecular weight excluding hydrogens is 506 g/mol. The van der Waals surface area contributed by atoms with E-state index in [4.69, 9.17) is 19.9 Å². The number of ether oxygens (including phenoxy) is 2. The molecule has 13 nitrogen and oxygen atoms in total. The third kappa shape index (κ3) is 21.2. The number of oxime groups is 2. The molecule has 0 unspecified atom stereocenters. The lowest BCUT2D eigenvalue weighted by Crippen LogP contribution is -2.49. The van der Waals surface area contributed by atoms with E-state index in [1.807, 2.05) is 20.9 Å². The van der Waals surface area contributed by atoms with Crippen LogP contribution in [-0.2, 0) is 19.1 Å². The van der Waals surface area contributed by atoms with Gasteiger partial charge in [-0.15, -0.1) is 0 Å². The minimum absolute atomic E-state index is 0.124. The van der Waals surface area contributed by atoms with Crippen molar-refractivity contribution in [1.29, 1.82) is 0 Å². The molecular formula is C26H53N7O6. The lowest BCUT2D eigenvalue weighted by molar-refractivity contribution is -0.126. The number of amides is 2. The van der Waals surface area contributed by atoms with Crippen LogP contribution in [0.5, 0.6) is 0 Å². The first-order chi connectivity index (χ1) is 18.7. The topological polar surface area (TPSA) is 169 Å². The number of nitrogens with zero attached hydrogens (tertiary/aromatic N) is 3. The van der Waals surface area contributed by atoms with E-state index in [0.29, 0.717) is 64.0 Å². The molecule has 39 heavy (non-hydrogen) atoms. The van der Waals surface area contributed by atoms with Crippen LogP contribution in [0.4, 0.5) is 0 Å². The van der Waals surface area contributed by atoms with E-state index < -0.39 is 5.54 Å². The number of nitrogens with one attached hydrogen (secondary N) is 4. The van der Waals surface area contributed by atoms with Gasteiger partial charge in [-0.3, -0.25) is 9.59 Å². The van der Waals surface area contributed by atoms with E-state index in [9.17, 15) is 9.59 Å². The number of carbonyl (C=O) groups is 2. The highest BCUT2D eigenvalue weighted by Crippen LogP contribution is 2.05. The fourth-order valence-corrected chi connectivity index (χ4v) is 3.40. The number of carbonyl (C=O) groups excluding carboxylic acids is 2. The molecule has 0 heterocycles. The van der Waals surface area contributed by atoms with E-state index in [1.165, 1.54) is 0 Å². The monoisotopic (exact) mass is 559 g/mol. The van der Waals surface area contributed by atoms with Gasteiger partial charge in [-0.05, 0) is 60.5 Å². The van der Waals surface area contributed by atoms with Gasteiger partial charge in [0.2, 0.25) is 11.8 Å². The van der Waals surface area contributed by atoms with E-state index in [-0.39, 0.29) is 24.7 Å². The maximum absolute atomic E-state index is 12.2.